The number of guanidine groups is 1. The Balaban J connectivity index is 0. The lowest BCUT2D eigenvalue weighted by Gasteiger charge is -2.26. The second-order valence-corrected chi connectivity index (χ2v) is 6.39. The summed E-state index contributed by atoms with van der Waals surface area (Å²) >= 11 is 0. The first-order valence-electron chi connectivity index (χ1n) is 8.84. The minimum absolute atomic E-state index is 0. The SMILES string of the molecule is CCOCCCCNC(=NC)NCCN(CC)C(=O)OC(C)(C)C.I. The van der Waals surface area contributed by atoms with Crippen LogP contribution < -0.4 is 10.6 Å². The molecule has 0 aromatic rings. The van der Waals surface area contributed by atoms with Crippen LogP contribution in [0.15, 0.2) is 4.99 Å². The Kier molecular flexibility index (Phi) is 16.4. The van der Waals surface area contributed by atoms with Crippen molar-refractivity contribution < 1.29 is 14.3 Å². The smallest absolute Gasteiger partial charge is 0.410 e. The molecule has 25 heavy (non-hydrogen) atoms. The van der Waals surface area contributed by atoms with Gasteiger partial charge in [-0.25, -0.2) is 4.79 Å². The van der Waals surface area contributed by atoms with Crippen LogP contribution in [0.25, 0.3) is 0 Å². The zero-order valence-electron chi connectivity index (χ0n) is 16.7. The van der Waals surface area contributed by atoms with E-state index < -0.39 is 5.60 Å². The van der Waals surface area contributed by atoms with Crippen molar-refractivity contribution in [2.45, 2.75) is 53.1 Å². The van der Waals surface area contributed by atoms with Gasteiger partial charge in [-0.2, -0.15) is 0 Å². The van der Waals surface area contributed by atoms with E-state index in [2.05, 4.69) is 15.6 Å². The number of nitrogens with one attached hydrogen (secondary N) is 2. The monoisotopic (exact) mass is 472 g/mol. The average Bonchev–Trinajstić information content (AvgIpc) is 2.50. The molecule has 0 radical (unpaired) electrons. The van der Waals surface area contributed by atoms with E-state index in [4.69, 9.17) is 9.47 Å². The molecule has 0 aromatic heterocycles. The van der Waals surface area contributed by atoms with Gasteiger partial charge in [0.25, 0.3) is 0 Å². The average molecular weight is 472 g/mol. The summed E-state index contributed by atoms with van der Waals surface area (Å²) in [5.74, 6) is 0.742. The van der Waals surface area contributed by atoms with E-state index in [1.807, 2.05) is 34.6 Å². The number of nitrogens with zero attached hydrogens (tertiary/aromatic N) is 2. The maximum absolute atomic E-state index is 12.1. The zero-order valence-corrected chi connectivity index (χ0v) is 19.0. The van der Waals surface area contributed by atoms with Crippen molar-refractivity contribution in [1.82, 2.24) is 15.5 Å². The molecule has 150 valence electrons. The molecule has 0 aliphatic rings. The number of hydrogen-bond donors (Lipinski definition) is 2. The van der Waals surface area contributed by atoms with Crippen LogP contribution in [-0.2, 0) is 9.47 Å². The lowest BCUT2D eigenvalue weighted by atomic mass is 10.2. The van der Waals surface area contributed by atoms with Crippen LogP contribution in [0.3, 0.4) is 0 Å². The fourth-order valence-corrected chi connectivity index (χ4v) is 1.92. The predicted octanol–water partition coefficient (Wildman–Crippen LogP) is 2.84. The molecule has 0 fully saturated rings. The van der Waals surface area contributed by atoms with E-state index in [1.54, 1.807) is 11.9 Å². The Bertz CT molecular complexity index is 373. The molecule has 0 rings (SSSR count). The number of halogens is 1. The van der Waals surface area contributed by atoms with E-state index in [0.717, 1.165) is 38.6 Å². The van der Waals surface area contributed by atoms with Crippen molar-refractivity contribution in [3.8, 4) is 0 Å². The Morgan fingerprint density at radius 2 is 1.76 bits per heavy atom. The van der Waals surface area contributed by atoms with Crippen molar-refractivity contribution in [3.63, 3.8) is 0 Å². The molecule has 0 bridgehead atoms. The highest BCUT2D eigenvalue weighted by Gasteiger charge is 2.20. The molecule has 0 heterocycles. The van der Waals surface area contributed by atoms with Crippen LogP contribution in [0, 0.1) is 0 Å². The van der Waals surface area contributed by atoms with Gasteiger partial charge in [0.2, 0.25) is 0 Å². The molecule has 0 unspecified atom stereocenters. The van der Waals surface area contributed by atoms with Crippen molar-refractivity contribution in [2.24, 2.45) is 4.99 Å². The van der Waals surface area contributed by atoms with Crippen LogP contribution in [0.1, 0.15) is 47.5 Å². The Morgan fingerprint density at radius 3 is 2.28 bits per heavy atom. The van der Waals surface area contributed by atoms with Gasteiger partial charge in [-0.3, -0.25) is 4.99 Å². The number of amides is 1. The highest BCUT2D eigenvalue weighted by Crippen LogP contribution is 2.09. The molecule has 0 atom stereocenters. The molecule has 0 saturated heterocycles. The minimum atomic E-state index is -0.475. The maximum Gasteiger partial charge on any atom is 0.410 e. The third-order valence-corrected chi connectivity index (χ3v) is 3.14. The summed E-state index contributed by atoms with van der Waals surface area (Å²) in [5.41, 5.74) is -0.475. The normalized spacial score (nSPS) is 11.5. The highest BCUT2D eigenvalue weighted by molar-refractivity contribution is 14.0. The van der Waals surface area contributed by atoms with E-state index in [-0.39, 0.29) is 30.1 Å². The molecule has 0 aromatic carbocycles. The number of rotatable bonds is 10. The van der Waals surface area contributed by atoms with Gasteiger partial charge in [-0.05, 0) is 47.5 Å². The molecule has 8 heteroatoms. The number of ether oxygens (including phenoxy) is 2. The number of carbonyl (C=O) groups excluding carboxylic acids is 1. The summed E-state index contributed by atoms with van der Waals surface area (Å²) in [5, 5.41) is 6.47. The summed E-state index contributed by atoms with van der Waals surface area (Å²) in [4.78, 5) is 17.9. The summed E-state index contributed by atoms with van der Waals surface area (Å²) in [6, 6.07) is 0. The van der Waals surface area contributed by atoms with Crippen molar-refractivity contribution in [3.05, 3.63) is 0 Å². The lowest BCUT2D eigenvalue weighted by Crippen LogP contribution is -2.44. The van der Waals surface area contributed by atoms with Gasteiger partial charge in [0.1, 0.15) is 5.60 Å². The largest absolute Gasteiger partial charge is 0.444 e. The topological polar surface area (TPSA) is 75.2 Å². The summed E-state index contributed by atoms with van der Waals surface area (Å²) in [7, 11) is 1.74. The van der Waals surface area contributed by atoms with Gasteiger partial charge in [0, 0.05) is 46.4 Å². The van der Waals surface area contributed by atoms with E-state index in [9.17, 15) is 4.79 Å². The Morgan fingerprint density at radius 1 is 1.12 bits per heavy atom. The fourth-order valence-electron chi connectivity index (χ4n) is 1.92. The first-order chi connectivity index (χ1) is 11.3. The first-order valence-corrected chi connectivity index (χ1v) is 8.84. The molecular formula is C17H37IN4O3. The van der Waals surface area contributed by atoms with Gasteiger partial charge in [-0.15, -0.1) is 24.0 Å². The molecule has 1 amide bonds. The number of unbranched alkanes of at least 4 members (excludes halogenated alkanes) is 1. The predicted molar refractivity (Wildman–Crippen MR) is 114 cm³/mol. The number of aliphatic imine (C=N–C) groups is 1. The maximum atomic E-state index is 12.1. The second kappa shape index (κ2) is 15.5. The van der Waals surface area contributed by atoms with Gasteiger partial charge in [0.05, 0.1) is 0 Å². The molecule has 0 saturated carbocycles. The molecule has 7 nitrogen and oxygen atoms in total. The second-order valence-electron chi connectivity index (χ2n) is 6.39. The van der Waals surface area contributed by atoms with Gasteiger partial charge in [-0.1, -0.05) is 0 Å². The molecule has 0 spiro atoms. The van der Waals surface area contributed by atoms with E-state index in [1.165, 1.54) is 0 Å². The van der Waals surface area contributed by atoms with Crippen molar-refractivity contribution in [1.29, 1.82) is 0 Å². The quantitative estimate of drug-likeness (QED) is 0.221. The third kappa shape index (κ3) is 15.2. The molecule has 0 aliphatic heterocycles. The third-order valence-electron chi connectivity index (χ3n) is 3.14. The van der Waals surface area contributed by atoms with Gasteiger partial charge >= 0.3 is 6.09 Å². The van der Waals surface area contributed by atoms with Crippen LogP contribution >= 0.6 is 24.0 Å². The van der Waals surface area contributed by atoms with E-state index >= 15 is 0 Å². The van der Waals surface area contributed by atoms with Crippen molar-refractivity contribution in [2.75, 3.05) is 46.4 Å². The van der Waals surface area contributed by atoms with Crippen LogP contribution in [0.2, 0.25) is 0 Å². The Hall–Kier alpha value is -0.770. The minimum Gasteiger partial charge on any atom is -0.444 e. The molecule has 2 N–H and O–H groups in total. The summed E-state index contributed by atoms with van der Waals surface area (Å²) in [6.45, 7) is 13.7. The lowest BCUT2D eigenvalue weighted by molar-refractivity contribution is 0.0264. The van der Waals surface area contributed by atoms with Crippen LogP contribution in [0.4, 0.5) is 4.79 Å². The molecular weight excluding hydrogens is 435 g/mol. The zero-order chi connectivity index (χ0) is 18.4. The van der Waals surface area contributed by atoms with Gasteiger partial charge < -0.3 is 25.0 Å². The number of carbonyl (C=O) groups is 1. The number of hydrogen-bond acceptors (Lipinski definition) is 4. The summed E-state index contributed by atoms with van der Waals surface area (Å²) < 4.78 is 10.7. The van der Waals surface area contributed by atoms with Crippen molar-refractivity contribution >= 4 is 36.0 Å². The van der Waals surface area contributed by atoms with Crippen LogP contribution in [-0.4, -0.2) is 69.0 Å². The molecule has 0 aliphatic carbocycles. The Labute approximate surface area is 170 Å². The van der Waals surface area contributed by atoms with Gasteiger partial charge in [0.15, 0.2) is 5.96 Å². The van der Waals surface area contributed by atoms with E-state index in [0.29, 0.717) is 19.6 Å². The van der Waals surface area contributed by atoms with Crippen LogP contribution in [0.5, 0.6) is 0 Å². The highest BCUT2D eigenvalue weighted by atomic mass is 127. The number of likely N-dealkylation sites (N-methyl/N-ethyl adjacent to an activating group) is 1. The first kappa shape index (κ1) is 26.5. The summed E-state index contributed by atoms with van der Waals surface area (Å²) in [6.07, 6.45) is 1.77. The standard InChI is InChI=1S/C17H36N4O3.HI/c1-7-21(16(22)24-17(3,4)5)13-12-20-15(18-6)19-11-9-10-14-23-8-2;/h7-14H2,1-6H3,(H2,18,19,20);1H. The fraction of sp³-hybridized carbons (Fsp3) is 0.882.